The fourth-order valence-electron chi connectivity index (χ4n) is 3.38. The van der Waals surface area contributed by atoms with Crippen LogP contribution >= 0.6 is 0 Å². The number of pyridine rings is 1. The van der Waals surface area contributed by atoms with Gasteiger partial charge >= 0.3 is 0 Å². The zero-order valence-electron chi connectivity index (χ0n) is 12.4. The first-order valence-corrected chi connectivity index (χ1v) is 7.53. The molecule has 1 saturated heterocycles. The molecule has 0 aliphatic carbocycles. The van der Waals surface area contributed by atoms with Crippen molar-refractivity contribution in [1.82, 2.24) is 15.2 Å². The average Bonchev–Trinajstić information content (AvgIpc) is 2.40. The maximum absolute atomic E-state index is 4.42. The van der Waals surface area contributed by atoms with Crippen molar-refractivity contribution in [2.24, 2.45) is 5.41 Å². The Labute approximate surface area is 117 Å². The van der Waals surface area contributed by atoms with Crippen molar-refractivity contribution >= 4 is 0 Å². The van der Waals surface area contributed by atoms with Crippen LogP contribution < -0.4 is 5.32 Å². The fourth-order valence-corrected chi connectivity index (χ4v) is 3.38. The Morgan fingerprint density at radius 1 is 1.42 bits per heavy atom. The van der Waals surface area contributed by atoms with Crippen molar-refractivity contribution in [2.75, 3.05) is 26.7 Å². The maximum atomic E-state index is 4.42. The predicted molar refractivity (Wildman–Crippen MR) is 80.0 cm³/mol. The van der Waals surface area contributed by atoms with Crippen LogP contribution in [0.15, 0.2) is 24.4 Å². The molecule has 3 nitrogen and oxygen atoms in total. The molecule has 0 spiro atoms. The van der Waals surface area contributed by atoms with Gasteiger partial charge in [-0.25, -0.2) is 0 Å². The summed E-state index contributed by atoms with van der Waals surface area (Å²) in [5, 5.41) is 3.59. The van der Waals surface area contributed by atoms with Crippen LogP contribution in [0.2, 0.25) is 0 Å². The zero-order chi connectivity index (χ0) is 13.6. The maximum Gasteiger partial charge on any atom is 0.0543 e. The summed E-state index contributed by atoms with van der Waals surface area (Å²) in [7, 11) is 2.22. The molecule has 19 heavy (non-hydrogen) atoms. The standard InChI is InChI=1S/C16H27N3/c1-3-8-16(9-6-10-17-13-16)14-19(2)12-15-7-4-5-11-18-15/h4-5,7,11,17H,3,6,8-10,12-14H2,1-2H3. The molecule has 1 fully saturated rings. The van der Waals surface area contributed by atoms with E-state index < -0.39 is 0 Å². The zero-order valence-corrected chi connectivity index (χ0v) is 12.4. The Bertz CT molecular complexity index is 352. The van der Waals surface area contributed by atoms with Crippen LogP contribution in [-0.4, -0.2) is 36.6 Å². The van der Waals surface area contributed by atoms with Crippen molar-refractivity contribution < 1.29 is 0 Å². The summed E-state index contributed by atoms with van der Waals surface area (Å²) in [6, 6.07) is 6.16. The van der Waals surface area contributed by atoms with Gasteiger partial charge in [-0.3, -0.25) is 9.88 Å². The molecule has 1 N–H and O–H groups in total. The first-order chi connectivity index (χ1) is 9.24. The monoisotopic (exact) mass is 261 g/mol. The molecule has 1 aromatic heterocycles. The van der Waals surface area contributed by atoms with Gasteiger partial charge in [0, 0.05) is 25.8 Å². The third kappa shape index (κ3) is 4.29. The van der Waals surface area contributed by atoms with Gasteiger partial charge in [-0.15, -0.1) is 0 Å². The van der Waals surface area contributed by atoms with Gasteiger partial charge in [0.25, 0.3) is 0 Å². The van der Waals surface area contributed by atoms with Gasteiger partial charge in [-0.1, -0.05) is 19.4 Å². The summed E-state index contributed by atoms with van der Waals surface area (Å²) < 4.78 is 0. The lowest BCUT2D eigenvalue weighted by Crippen LogP contribution is -2.46. The Morgan fingerprint density at radius 3 is 2.95 bits per heavy atom. The average molecular weight is 261 g/mol. The normalized spacial score (nSPS) is 23.7. The van der Waals surface area contributed by atoms with E-state index in [1.165, 1.54) is 51.0 Å². The number of nitrogens with one attached hydrogen (secondary N) is 1. The summed E-state index contributed by atoms with van der Waals surface area (Å²) in [6.07, 6.45) is 7.16. The third-order valence-corrected chi connectivity index (χ3v) is 4.10. The lowest BCUT2D eigenvalue weighted by atomic mass is 9.76. The van der Waals surface area contributed by atoms with E-state index in [9.17, 15) is 0 Å². The molecule has 0 amide bonds. The van der Waals surface area contributed by atoms with E-state index in [0.717, 1.165) is 6.54 Å². The largest absolute Gasteiger partial charge is 0.316 e. The highest BCUT2D eigenvalue weighted by Gasteiger charge is 2.32. The molecule has 1 aliphatic heterocycles. The molecule has 0 saturated carbocycles. The highest BCUT2D eigenvalue weighted by Crippen LogP contribution is 2.32. The van der Waals surface area contributed by atoms with Crippen LogP contribution in [0.5, 0.6) is 0 Å². The number of nitrogens with zero attached hydrogens (tertiary/aromatic N) is 2. The summed E-state index contributed by atoms with van der Waals surface area (Å²) in [5.74, 6) is 0. The molecule has 2 heterocycles. The molecule has 3 heteroatoms. The van der Waals surface area contributed by atoms with Gasteiger partial charge in [-0.2, -0.15) is 0 Å². The van der Waals surface area contributed by atoms with Crippen LogP contribution in [0.1, 0.15) is 38.3 Å². The quantitative estimate of drug-likeness (QED) is 0.853. The van der Waals surface area contributed by atoms with Gasteiger partial charge < -0.3 is 5.32 Å². The molecule has 1 unspecified atom stereocenters. The van der Waals surface area contributed by atoms with Gasteiger partial charge in [0.1, 0.15) is 0 Å². The van der Waals surface area contributed by atoms with Crippen LogP contribution in [-0.2, 0) is 6.54 Å². The van der Waals surface area contributed by atoms with Crippen LogP contribution in [0.25, 0.3) is 0 Å². The van der Waals surface area contributed by atoms with Crippen molar-refractivity contribution in [1.29, 1.82) is 0 Å². The van der Waals surface area contributed by atoms with E-state index >= 15 is 0 Å². The second-order valence-electron chi connectivity index (χ2n) is 6.02. The number of piperidine rings is 1. The lowest BCUT2D eigenvalue weighted by Gasteiger charge is -2.40. The van der Waals surface area contributed by atoms with E-state index in [-0.39, 0.29) is 0 Å². The Morgan fingerprint density at radius 2 is 2.32 bits per heavy atom. The molecule has 1 aliphatic rings. The first-order valence-electron chi connectivity index (χ1n) is 7.53. The van der Waals surface area contributed by atoms with E-state index in [0.29, 0.717) is 5.41 Å². The highest BCUT2D eigenvalue weighted by molar-refractivity contribution is 5.03. The van der Waals surface area contributed by atoms with Crippen LogP contribution in [0, 0.1) is 5.41 Å². The van der Waals surface area contributed by atoms with E-state index in [1.807, 2.05) is 12.3 Å². The first kappa shape index (κ1) is 14.5. The molecule has 106 valence electrons. The summed E-state index contributed by atoms with van der Waals surface area (Å²) >= 11 is 0. The minimum absolute atomic E-state index is 0.469. The van der Waals surface area contributed by atoms with Crippen molar-refractivity contribution in [3.05, 3.63) is 30.1 Å². The van der Waals surface area contributed by atoms with Gasteiger partial charge in [-0.05, 0) is 50.4 Å². The van der Waals surface area contributed by atoms with E-state index in [4.69, 9.17) is 0 Å². The summed E-state index contributed by atoms with van der Waals surface area (Å²) in [4.78, 5) is 6.86. The van der Waals surface area contributed by atoms with Gasteiger partial charge in [0.05, 0.1) is 5.69 Å². The minimum Gasteiger partial charge on any atom is -0.316 e. The second kappa shape index (κ2) is 7.01. The Hall–Kier alpha value is -0.930. The smallest absolute Gasteiger partial charge is 0.0543 e. The lowest BCUT2D eigenvalue weighted by molar-refractivity contribution is 0.117. The third-order valence-electron chi connectivity index (χ3n) is 4.10. The number of hydrogen-bond acceptors (Lipinski definition) is 3. The Balaban J connectivity index is 1.93. The number of rotatable bonds is 6. The summed E-state index contributed by atoms with van der Waals surface area (Å²) in [6.45, 7) is 6.79. The summed E-state index contributed by atoms with van der Waals surface area (Å²) in [5.41, 5.74) is 1.64. The molecular formula is C16H27N3. The van der Waals surface area contributed by atoms with Crippen LogP contribution in [0.4, 0.5) is 0 Å². The van der Waals surface area contributed by atoms with Crippen molar-refractivity contribution in [3.63, 3.8) is 0 Å². The fraction of sp³-hybridized carbons (Fsp3) is 0.688. The Kier molecular flexibility index (Phi) is 5.34. The highest BCUT2D eigenvalue weighted by atomic mass is 15.1. The van der Waals surface area contributed by atoms with Crippen LogP contribution in [0.3, 0.4) is 0 Å². The molecule has 1 aromatic rings. The molecule has 0 bridgehead atoms. The van der Waals surface area contributed by atoms with Crippen molar-refractivity contribution in [2.45, 2.75) is 39.2 Å². The molecule has 2 rings (SSSR count). The number of hydrogen-bond donors (Lipinski definition) is 1. The SMILES string of the molecule is CCCC1(CN(C)Cc2ccccn2)CCCNC1. The van der Waals surface area contributed by atoms with Gasteiger partial charge in [0.2, 0.25) is 0 Å². The van der Waals surface area contributed by atoms with Crippen molar-refractivity contribution in [3.8, 4) is 0 Å². The van der Waals surface area contributed by atoms with E-state index in [2.05, 4.69) is 41.3 Å². The molecular weight excluding hydrogens is 234 g/mol. The second-order valence-corrected chi connectivity index (χ2v) is 6.02. The topological polar surface area (TPSA) is 28.2 Å². The number of aromatic nitrogens is 1. The predicted octanol–water partition coefficient (Wildman–Crippen LogP) is 2.68. The molecule has 0 aromatic carbocycles. The molecule has 1 atom stereocenters. The molecule has 0 radical (unpaired) electrons. The van der Waals surface area contributed by atoms with E-state index in [1.54, 1.807) is 0 Å². The minimum atomic E-state index is 0.469. The van der Waals surface area contributed by atoms with Gasteiger partial charge in [0.15, 0.2) is 0 Å².